The molecule has 0 saturated carbocycles. The van der Waals surface area contributed by atoms with Crippen LogP contribution in [0.4, 0.5) is 0 Å². The molecule has 0 aromatic heterocycles. The molecule has 2 aromatic carbocycles. The molecule has 1 aliphatic rings. The molecule has 0 radical (unpaired) electrons. The smallest absolute Gasteiger partial charge is 0.321 e. The number of ether oxygens (including phenoxy) is 1. The lowest BCUT2D eigenvalue weighted by molar-refractivity contribution is -0.159. The molecule has 0 heterocycles. The Morgan fingerprint density at radius 1 is 1.08 bits per heavy atom. The van der Waals surface area contributed by atoms with Crippen LogP contribution in [-0.4, -0.2) is 29.7 Å². The maximum atomic E-state index is 12.1. The molecule has 0 amide bonds. The van der Waals surface area contributed by atoms with E-state index in [1.165, 1.54) is 6.92 Å². The second-order valence-corrected chi connectivity index (χ2v) is 6.03. The fraction of sp³-hybridized carbons (Fsp3) is 0.263. The summed E-state index contributed by atoms with van der Waals surface area (Å²) in [7, 11) is 0. The standard InChI is InChI=1S/C19H19NO4/c1-11(20)17(18(21)22)19(23)24-10-16-14-8-4-2-6-12(14)13-7-3-5-9-15(13)16/h2-9,11,16-17H,10,20H2,1H3,(H,21,22). The molecule has 0 fully saturated rings. The maximum absolute atomic E-state index is 12.1. The molecule has 5 nitrogen and oxygen atoms in total. The molecule has 2 aromatic rings. The molecule has 0 spiro atoms. The van der Waals surface area contributed by atoms with Crippen molar-refractivity contribution in [1.29, 1.82) is 0 Å². The van der Waals surface area contributed by atoms with Crippen molar-refractivity contribution in [3.63, 3.8) is 0 Å². The van der Waals surface area contributed by atoms with Gasteiger partial charge in [0.15, 0.2) is 5.92 Å². The van der Waals surface area contributed by atoms with E-state index in [4.69, 9.17) is 15.6 Å². The molecule has 0 aliphatic heterocycles. The van der Waals surface area contributed by atoms with Gasteiger partial charge in [-0.2, -0.15) is 0 Å². The minimum atomic E-state index is -1.35. The third-order valence-corrected chi connectivity index (χ3v) is 4.40. The fourth-order valence-corrected chi connectivity index (χ4v) is 3.23. The van der Waals surface area contributed by atoms with Crippen LogP contribution in [0.5, 0.6) is 0 Å². The lowest BCUT2D eigenvalue weighted by atomic mass is 9.98. The van der Waals surface area contributed by atoms with E-state index in [2.05, 4.69) is 0 Å². The molecule has 1 aliphatic carbocycles. The number of fused-ring (bicyclic) bond motifs is 3. The summed E-state index contributed by atoms with van der Waals surface area (Å²) in [5.74, 6) is -3.50. The number of esters is 1. The van der Waals surface area contributed by atoms with Crippen LogP contribution in [0.1, 0.15) is 24.0 Å². The van der Waals surface area contributed by atoms with Crippen molar-refractivity contribution in [3.05, 3.63) is 59.7 Å². The molecular formula is C19H19NO4. The van der Waals surface area contributed by atoms with Gasteiger partial charge in [0.25, 0.3) is 0 Å². The van der Waals surface area contributed by atoms with E-state index in [0.29, 0.717) is 0 Å². The first kappa shape index (κ1) is 16.2. The minimum absolute atomic E-state index is 0.0936. The van der Waals surface area contributed by atoms with Crippen molar-refractivity contribution in [2.75, 3.05) is 6.61 Å². The van der Waals surface area contributed by atoms with Gasteiger partial charge in [0, 0.05) is 12.0 Å². The van der Waals surface area contributed by atoms with E-state index in [-0.39, 0.29) is 12.5 Å². The Balaban J connectivity index is 1.83. The van der Waals surface area contributed by atoms with Gasteiger partial charge in [-0.05, 0) is 29.2 Å². The molecule has 3 rings (SSSR count). The summed E-state index contributed by atoms with van der Waals surface area (Å²) in [6.07, 6.45) is 0. The van der Waals surface area contributed by atoms with Crippen LogP contribution in [0, 0.1) is 5.92 Å². The van der Waals surface area contributed by atoms with Crippen LogP contribution >= 0.6 is 0 Å². The molecule has 3 N–H and O–H groups in total. The summed E-state index contributed by atoms with van der Waals surface area (Å²) >= 11 is 0. The highest BCUT2D eigenvalue weighted by molar-refractivity contribution is 5.94. The Labute approximate surface area is 140 Å². The molecule has 2 atom stereocenters. The summed E-state index contributed by atoms with van der Waals surface area (Å²) in [4.78, 5) is 23.3. The number of carboxylic acid groups (broad SMARTS) is 1. The van der Waals surface area contributed by atoms with Crippen molar-refractivity contribution < 1.29 is 19.4 Å². The van der Waals surface area contributed by atoms with Crippen LogP contribution in [0.3, 0.4) is 0 Å². The van der Waals surface area contributed by atoms with Gasteiger partial charge in [0.2, 0.25) is 0 Å². The summed E-state index contributed by atoms with van der Waals surface area (Å²) in [6.45, 7) is 1.59. The van der Waals surface area contributed by atoms with E-state index in [9.17, 15) is 9.59 Å². The zero-order chi connectivity index (χ0) is 17.3. The average Bonchev–Trinajstić information content (AvgIpc) is 2.86. The van der Waals surface area contributed by atoms with Crippen LogP contribution in [0.15, 0.2) is 48.5 Å². The number of carboxylic acids is 1. The zero-order valence-corrected chi connectivity index (χ0v) is 13.3. The first-order valence-electron chi connectivity index (χ1n) is 7.84. The Bertz CT molecular complexity index is 739. The number of carbonyl (C=O) groups excluding carboxylic acids is 1. The van der Waals surface area contributed by atoms with Gasteiger partial charge in [-0.1, -0.05) is 48.5 Å². The summed E-state index contributed by atoms with van der Waals surface area (Å²) in [6, 6.07) is 15.1. The van der Waals surface area contributed by atoms with Crippen LogP contribution < -0.4 is 5.73 Å². The predicted molar refractivity (Wildman–Crippen MR) is 89.5 cm³/mol. The lowest BCUT2D eigenvalue weighted by Crippen LogP contribution is -2.40. The highest BCUT2D eigenvalue weighted by atomic mass is 16.5. The van der Waals surface area contributed by atoms with Crippen molar-refractivity contribution in [2.24, 2.45) is 11.7 Å². The van der Waals surface area contributed by atoms with Gasteiger partial charge in [-0.15, -0.1) is 0 Å². The van der Waals surface area contributed by atoms with Gasteiger partial charge >= 0.3 is 11.9 Å². The van der Waals surface area contributed by atoms with Crippen molar-refractivity contribution >= 4 is 11.9 Å². The largest absolute Gasteiger partial charge is 0.481 e. The Morgan fingerprint density at radius 3 is 2.04 bits per heavy atom. The third-order valence-electron chi connectivity index (χ3n) is 4.40. The molecular weight excluding hydrogens is 306 g/mol. The number of rotatable bonds is 5. The van der Waals surface area contributed by atoms with Crippen molar-refractivity contribution in [1.82, 2.24) is 0 Å². The quantitative estimate of drug-likeness (QED) is 0.651. The normalized spacial score (nSPS) is 15.2. The zero-order valence-electron chi connectivity index (χ0n) is 13.3. The van der Waals surface area contributed by atoms with Crippen molar-refractivity contribution in [3.8, 4) is 11.1 Å². The maximum Gasteiger partial charge on any atom is 0.321 e. The van der Waals surface area contributed by atoms with Gasteiger partial charge < -0.3 is 15.6 Å². The molecule has 2 unspecified atom stereocenters. The van der Waals surface area contributed by atoms with Crippen LogP contribution in [0.2, 0.25) is 0 Å². The van der Waals surface area contributed by atoms with Crippen LogP contribution in [0.25, 0.3) is 11.1 Å². The van der Waals surface area contributed by atoms with Gasteiger partial charge in [0.05, 0.1) is 0 Å². The number of carbonyl (C=O) groups is 2. The number of aliphatic carboxylic acids is 1. The first-order chi connectivity index (χ1) is 11.5. The van der Waals surface area contributed by atoms with Crippen molar-refractivity contribution in [2.45, 2.75) is 18.9 Å². The predicted octanol–water partition coefficient (Wildman–Crippen LogP) is 2.39. The molecule has 0 bridgehead atoms. The van der Waals surface area contributed by atoms with E-state index in [0.717, 1.165) is 22.3 Å². The average molecular weight is 325 g/mol. The van der Waals surface area contributed by atoms with E-state index < -0.39 is 23.9 Å². The monoisotopic (exact) mass is 325 g/mol. The highest BCUT2D eigenvalue weighted by Crippen LogP contribution is 2.44. The SMILES string of the molecule is CC(N)C(C(=O)O)C(=O)OCC1c2ccccc2-c2ccccc21. The molecule has 24 heavy (non-hydrogen) atoms. The first-order valence-corrected chi connectivity index (χ1v) is 7.84. The summed E-state index contributed by atoms with van der Waals surface area (Å²) in [5.41, 5.74) is 10.0. The molecule has 0 saturated heterocycles. The Morgan fingerprint density at radius 2 is 1.58 bits per heavy atom. The third kappa shape index (κ3) is 2.78. The van der Waals surface area contributed by atoms with E-state index in [1.54, 1.807) is 0 Å². The highest BCUT2D eigenvalue weighted by Gasteiger charge is 2.34. The Kier molecular flexibility index (Phi) is 4.36. The van der Waals surface area contributed by atoms with Gasteiger partial charge in [-0.3, -0.25) is 9.59 Å². The fourth-order valence-electron chi connectivity index (χ4n) is 3.23. The van der Waals surface area contributed by atoms with Gasteiger partial charge in [0.1, 0.15) is 6.61 Å². The summed E-state index contributed by atoms with van der Waals surface area (Å²) < 4.78 is 5.32. The number of hydrogen-bond donors (Lipinski definition) is 2. The molecule has 124 valence electrons. The van der Waals surface area contributed by atoms with E-state index in [1.807, 2.05) is 48.5 Å². The number of nitrogens with two attached hydrogens (primary N) is 1. The Hall–Kier alpha value is -2.66. The topological polar surface area (TPSA) is 89.6 Å². The van der Waals surface area contributed by atoms with Gasteiger partial charge in [-0.25, -0.2) is 0 Å². The summed E-state index contributed by atoms with van der Waals surface area (Å²) in [5, 5.41) is 9.14. The van der Waals surface area contributed by atoms with E-state index >= 15 is 0 Å². The minimum Gasteiger partial charge on any atom is -0.481 e. The number of hydrogen-bond acceptors (Lipinski definition) is 4. The molecule has 5 heteroatoms. The second kappa shape index (κ2) is 6.45. The second-order valence-electron chi connectivity index (χ2n) is 6.03. The van der Waals surface area contributed by atoms with Crippen LogP contribution in [-0.2, 0) is 14.3 Å². The lowest BCUT2D eigenvalue weighted by Gasteiger charge is -2.18. The number of benzene rings is 2.